The number of phosphoric acid groups is 1. The van der Waals surface area contributed by atoms with Crippen LogP contribution in [0.25, 0.3) is 11.2 Å². The number of aromatic nitrogens is 4. The average molecular weight is 409 g/mol. The molecule has 0 spiro atoms. The van der Waals surface area contributed by atoms with Gasteiger partial charge in [0.15, 0.2) is 23.2 Å². The number of anilines is 1. The van der Waals surface area contributed by atoms with Crippen LogP contribution >= 0.6 is 7.82 Å². The van der Waals surface area contributed by atoms with Gasteiger partial charge in [0.1, 0.15) is 18.3 Å². The first-order valence-electron chi connectivity index (χ1n) is 6.51. The largest absolute Gasteiger partial charge is 1.00 e. The summed E-state index contributed by atoms with van der Waals surface area (Å²) in [5.74, 6) is -0.234. The fraction of sp³-hybridized carbons (Fsp3) is 0.500. The van der Waals surface area contributed by atoms with Crippen molar-refractivity contribution in [3.05, 3.63) is 12.4 Å². The van der Waals surface area contributed by atoms with Gasteiger partial charge in [0.25, 0.3) is 0 Å². The summed E-state index contributed by atoms with van der Waals surface area (Å²) < 4.78 is 34.3. The molecule has 1 aliphatic heterocycles. The maximum Gasteiger partial charge on any atom is 1.00 e. The molecule has 132 valence electrons. The molecule has 1 aliphatic rings. The van der Waals surface area contributed by atoms with Gasteiger partial charge in [-0.3, -0.25) is 4.57 Å². The van der Waals surface area contributed by atoms with Crippen molar-refractivity contribution in [1.29, 1.82) is 0 Å². The summed E-state index contributed by atoms with van der Waals surface area (Å²) in [4.78, 5) is 31.7. The minimum absolute atomic E-state index is 0. The molecule has 3 rings (SSSR count). The van der Waals surface area contributed by atoms with Crippen molar-refractivity contribution in [3.63, 3.8) is 0 Å². The minimum atomic E-state index is -5.28. The number of halogens is 1. The minimum Gasteiger partial charge on any atom is -0.790 e. The number of nitrogens with zero attached hydrogens (tertiary/aromatic N) is 4. The molecule has 12 nitrogen and oxygen atoms in total. The molecule has 1 saturated heterocycles. The van der Waals surface area contributed by atoms with Crippen LogP contribution in [0, 0.1) is 6.08 Å². The van der Waals surface area contributed by atoms with Crippen molar-refractivity contribution in [2.75, 3.05) is 12.3 Å². The van der Waals surface area contributed by atoms with Crippen LogP contribution in [-0.4, -0.2) is 54.7 Å². The zero-order valence-corrected chi connectivity index (χ0v) is 18.6. The molecule has 0 radical (unpaired) electrons. The summed E-state index contributed by atoms with van der Waals surface area (Å²) in [7, 11) is -5.28. The van der Waals surface area contributed by atoms with E-state index in [1.54, 1.807) is 0 Å². The van der Waals surface area contributed by atoms with Crippen LogP contribution in [0.3, 0.4) is 0 Å². The molecule has 2 aromatic rings. The number of ether oxygens (including phenoxy) is 1. The third kappa shape index (κ3) is 5.00. The Morgan fingerprint density at radius 3 is 2.62 bits per heavy atom. The van der Waals surface area contributed by atoms with Gasteiger partial charge in [-0.05, 0) is 0 Å². The average Bonchev–Trinajstić information content (AvgIpc) is 3.00. The summed E-state index contributed by atoms with van der Waals surface area (Å²) in [5.41, 5.74) is 5.46. The van der Waals surface area contributed by atoms with Crippen LogP contribution in [0.4, 0.5) is 10.2 Å². The molecule has 26 heavy (non-hydrogen) atoms. The maximum atomic E-state index is 13.3. The van der Waals surface area contributed by atoms with Crippen LogP contribution in [-0.2, 0) is 13.8 Å². The fourth-order valence-corrected chi connectivity index (χ4v) is 2.69. The molecule has 4 N–H and O–H groups in total. The first-order valence-corrected chi connectivity index (χ1v) is 7.97. The van der Waals surface area contributed by atoms with E-state index in [-0.39, 0.29) is 76.1 Å². The Kier molecular flexibility index (Phi) is 8.58. The van der Waals surface area contributed by atoms with Crippen molar-refractivity contribution in [3.8, 4) is 0 Å². The molecule has 0 aliphatic carbocycles. The van der Waals surface area contributed by atoms with Crippen LogP contribution in [0.5, 0.6) is 0 Å². The zero-order chi connectivity index (χ0) is 17.6. The first-order chi connectivity index (χ1) is 11.2. The van der Waals surface area contributed by atoms with Crippen LogP contribution in [0.15, 0.2) is 6.33 Å². The van der Waals surface area contributed by atoms with Gasteiger partial charge >= 0.3 is 65.2 Å². The molecule has 3 heterocycles. The van der Waals surface area contributed by atoms with Gasteiger partial charge in [-0.15, -0.1) is 0 Å². The normalized spacial score (nSPS) is 25.7. The molecule has 0 unspecified atom stereocenters. The van der Waals surface area contributed by atoms with Gasteiger partial charge in [0.05, 0.1) is 20.8 Å². The predicted octanol–water partition coefficient (Wildman–Crippen LogP) is -8.98. The quantitative estimate of drug-likeness (QED) is 0.247. The third-order valence-electron chi connectivity index (χ3n) is 3.43. The summed E-state index contributed by atoms with van der Waals surface area (Å²) in [6.07, 6.45) is -5.72. The number of rotatable bonds is 4. The number of hydrogen-bond acceptors (Lipinski definition) is 11. The number of imidazole rings is 1. The number of hydrogen-bond donors (Lipinski definition) is 3. The van der Waals surface area contributed by atoms with Crippen molar-refractivity contribution < 1.29 is 97.3 Å². The number of aliphatic hydroxyl groups excluding tert-OH is 2. The molecule has 4 atom stereocenters. The maximum absolute atomic E-state index is 13.3. The molecule has 2 aromatic heterocycles. The summed E-state index contributed by atoms with van der Waals surface area (Å²) in [6.45, 7) is -0.795. The van der Waals surface area contributed by atoms with Gasteiger partial charge in [0.2, 0.25) is 0 Å². The van der Waals surface area contributed by atoms with E-state index >= 15 is 0 Å². The van der Waals surface area contributed by atoms with Crippen molar-refractivity contribution in [2.45, 2.75) is 24.5 Å². The summed E-state index contributed by atoms with van der Waals surface area (Å²) >= 11 is 0. The number of phosphoric ester groups is 1. The van der Waals surface area contributed by atoms with E-state index in [2.05, 4.69) is 19.5 Å². The standard InChI is InChI=1S/C10H13FN5O7P.2Na/c11-10-14-7(12)4-8(15-10)16(2-13-4)9-6(18)5(17)3(23-9)1-22-24(19,20)21;;/h2-3,5-6,9,17-18H,1H2,(H2,12,14,15)(H2,19,20,21);;/q;2*+1/p-2/t3-,5-,6+,9-;;/m1../s1. The van der Waals surface area contributed by atoms with Crippen LogP contribution in [0.1, 0.15) is 6.23 Å². The van der Waals surface area contributed by atoms with E-state index in [0.717, 1.165) is 10.9 Å². The Hall–Kier alpha value is 0.270. The number of fused-ring (bicyclic) bond motifs is 1. The van der Waals surface area contributed by atoms with Crippen molar-refractivity contribution in [2.24, 2.45) is 0 Å². The molecular weight excluding hydrogens is 398 g/mol. The number of nitrogens with two attached hydrogens (primary N) is 1. The topological polar surface area (TPSA) is 192 Å². The summed E-state index contributed by atoms with van der Waals surface area (Å²) in [6, 6.07) is 0. The molecule has 16 heteroatoms. The smallest absolute Gasteiger partial charge is 0.790 e. The number of nitrogen functional groups attached to an aromatic ring is 1. The molecule has 0 amide bonds. The Labute approximate surface area is 189 Å². The van der Waals surface area contributed by atoms with E-state index in [1.807, 2.05) is 0 Å². The fourth-order valence-electron chi connectivity index (χ4n) is 2.36. The van der Waals surface area contributed by atoms with E-state index in [1.165, 1.54) is 0 Å². The summed E-state index contributed by atoms with van der Waals surface area (Å²) in [5, 5.41) is 19.9. The Morgan fingerprint density at radius 1 is 1.35 bits per heavy atom. The number of aliphatic hydroxyl groups is 2. The van der Waals surface area contributed by atoms with Gasteiger partial charge in [-0.2, -0.15) is 14.4 Å². The Balaban J connectivity index is 0.00000169. The van der Waals surface area contributed by atoms with Gasteiger partial charge in [0, 0.05) is 0 Å². The molecule has 0 bridgehead atoms. The first kappa shape index (κ1) is 24.3. The van der Waals surface area contributed by atoms with Gasteiger partial charge in [-0.25, -0.2) is 4.98 Å². The van der Waals surface area contributed by atoms with E-state index in [0.29, 0.717) is 0 Å². The van der Waals surface area contributed by atoms with E-state index < -0.39 is 45.0 Å². The molecule has 0 saturated carbocycles. The Bertz CT molecular complexity index is 822. The van der Waals surface area contributed by atoms with Crippen molar-refractivity contribution in [1.82, 2.24) is 19.5 Å². The SMILES string of the molecule is Nc1nc(F)nc2c1ncn2[C@@H]1O[C@H](COP(=O)([O-])[O-])[C@@H](O)[C@@H]1O.[Na+].[Na+]. The van der Waals surface area contributed by atoms with Gasteiger partial charge < -0.3 is 39.6 Å². The third-order valence-corrected chi connectivity index (χ3v) is 3.89. The van der Waals surface area contributed by atoms with Crippen LogP contribution < -0.4 is 74.6 Å². The van der Waals surface area contributed by atoms with E-state index in [9.17, 15) is 29.0 Å². The van der Waals surface area contributed by atoms with E-state index in [4.69, 9.17) is 10.5 Å². The second-order valence-electron chi connectivity index (χ2n) is 4.99. The molecule has 1 fully saturated rings. The predicted molar refractivity (Wildman–Crippen MR) is 69.2 cm³/mol. The van der Waals surface area contributed by atoms with Crippen molar-refractivity contribution >= 4 is 24.8 Å². The second-order valence-corrected chi connectivity index (χ2v) is 6.14. The monoisotopic (exact) mass is 409 g/mol. The Morgan fingerprint density at radius 2 is 2.00 bits per heavy atom. The molecular formula is C10H11FN5Na2O7P. The molecule has 0 aromatic carbocycles. The second kappa shape index (κ2) is 9.18. The zero-order valence-electron chi connectivity index (χ0n) is 13.7. The van der Waals surface area contributed by atoms with Crippen LogP contribution in [0.2, 0.25) is 0 Å². The van der Waals surface area contributed by atoms with Gasteiger partial charge in [-0.1, -0.05) is 0 Å².